The van der Waals surface area contributed by atoms with E-state index in [0.29, 0.717) is 31.0 Å². The second-order valence-corrected chi connectivity index (χ2v) is 9.27. The molecule has 0 atom stereocenters. The fraction of sp³-hybridized carbons (Fsp3) is 0.414. The van der Waals surface area contributed by atoms with Gasteiger partial charge in [0.15, 0.2) is 0 Å². The number of aromatic nitrogens is 1. The highest BCUT2D eigenvalue weighted by atomic mass is 16.5. The molecule has 1 saturated heterocycles. The lowest BCUT2D eigenvalue weighted by molar-refractivity contribution is -0.116. The second kappa shape index (κ2) is 12.4. The van der Waals surface area contributed by atoms with Crippen LogP contribution in [-0.2, 0) is 4.79 Å². The van der Waals surface area contributed by atoms with Crippen LogP contribution in [0.25, 0.3) is 10.9 Å². The summed E-state index contributed by atoms with van der Waals surface area (Å²) in [4.78, 5) is 34.1. The highest BCUT2D eigenvalue weighted by Gasteiger charge is 2.24. The summed E-state index contributed by atoms with van der Waals surface area (Å²) in [6, 6.07) is 17.4. The van der Waals surface area contributed by atoms with Gasteiger partial charge in [0.25, 0.3) is 5.91 Å². The van der Waals surface area contributed by atoms with Gasteiger partial charge in [-0.2, -0.15) is 0 Å². The number of anilines is 2. The second-order valence-electron chi connectivity index (χ2n) is 9.27. The van der Waals surface area contributed by atoms with E-state index in [4.69, 9.17) is 4.74 Å². The Labute approximate surface area is 213 Å². The lowest BCUT2D eigenvalue weighted by Crippen LogP contribution is -2.49. The normalized spacial score (nSPS) is 13.6. The summed E-state index contributed by atoms with van der Waals surface area (Å²) in [6.07, 6.45) is 6.26. The molecule has 1 aromatic heterocycles. The number of amides is 2. The van der Waals surface area contributed by atoms with E-state index in [9.17, 15) is 9.59 Å². The average molecular weight is 489 g/mol. The van der Waals surface area contributed by atoms with Crippen molar-refractivity contribution in [1.29, 1.82) is 0 Å². The molecule has 0 radical (unpaired) electrons. The van der Waals surface area contributed by atoms with Crippen LogP contribution in [0.3, 0.4) is 0 Å². The molecule has 190 valence electrons. The van der Waals surface area contributed by atoms with Crippen molar-refractivity contribution in [2.24, 2.45) is 0 Å². The third-order valence-electron chi connectivity index (χ3n) is 6.71. The number of pyridine rings is 1. The maximum Gasteiger partial charge on any atom is 0.272 e. The van der Waals surface area contributed by atoms with Crippen molar-refractivity contribution in [1.82, 2.24) is 9.88 Å². The summed E-state index contributed by atoms with van der Waals surface area (Å²) >= 11 is 0. The molecule has 3 aromatic rings. The van der Waals surface area contributed by atoms with Gasteiger partial charge in [0.2, 0.25) is 5.91 Å². The maximum atomic E-state index is 13.2. The zero-order valence-electron chi connectivity index (χ0n) is 21.3. The molecule has 0 spiro atoms. The standard InChI is InChI=1S/C29H36N4O3/c1-3-4-5-6-7-12-28(34)30-22-13-15-23(16-14-22)32-17-19-33(20-18-32)29(35)26-21-27(36-2)24-10-8-9-11-25(24)31-26/h8-11,13-16,21H,3-7,12,17-20H2,1-2H3,(H,30,34). The van der Waals surface area contributed by atoms with Crippen LogP contribution in [0.5, 0.6) is 5.75 Å². The number of rotatable bonds is 10. The predicted octanol–water partition coefficient (Wildman–Crippen LogP) is 5.50. The lowest BCUT2D eigenvalue weighted by Gasteiger charge is -2.36. The molecule has 2 amide bonds. The fourth-order valence-electron chi connectivity index (χ4n) is 4.62. The smallest absolute Gasteiger partial charge is 0.272 e. The summed E-state index contributed by atoms with van der Waals surface area (Å²) in [7, 11) is 1.61. The van der Waals surface area contributed by atoms with Crippen molar-refractivity contribution in [3.8, 4) is 5.75 Å². The number of para-hydroxylation sites is 1. The van der Waals surface area contributed by atoms with Crippen LogP contribution in [0.15, 0.2) is 54.6 Å². The number of ether oxygens (including phenoxy) is 1. The molecule has 1 aliphatic heterocycles. The largest absolute Gasteiger partial charge is 0.496 e. The van der Waals surface area contributed by atoms with Crippen LogP contribution < -0.4 is 15.0 Å². The molecule has 7 nitrogen and oxygen atoms in total. The van der Waals surface area contributed by atoms with Crippen molar-refractivity contribution < 1.29 is 14.3 Å². The Balaban J connectivity index is 1.29. The molecular formula is C29H36N4O3. The Morgan fingerprint density at radius 2 is 1.67 bits per heavy atom. The van der Waals surface area contributed by atoms with Gasteiger partial charge in [0, 0.05) is 55.4 Å². The van der Waals surface area contributed by atoms with Crippen molar-refractivity contribution >= 4 is 34.1 Å². The van der Waals surface area contributed by atoms with E-state index in [1.54, 1.807) is 13.2 Å². The third-order valence-corrected chi connectivity index (χ3v) is 6.71. The van der Waals surface area contributed by atoms with Crippen LogP contribution in [0, 0.1) is 0 Å². The van der Waals surface area contributed by atoms with Gasteiger partial charge in [-0.15, -0.1) is 0 Å². The van der Waals surface area contributed by atoms with E-state index in [1.807, 2.05) is 53.4 Å². The summed E-state index contributed by atoms with van der Waals surface area (Å²) in [5.41, 5.74) is 3.07. The molecule has 1 N–H and O–H groups in total. The van der Waals surface area contributed by atoms with Gasteiger partial charge < -0.3 is 19.9 Å². The quantitative estimate of drug-likeness (QED) is 0.381. The number of unbranched alkanes of at least 4 members (excludes halogenated alkanes) is 4. The molecule has 0 saturated carbocycles. The van der Waals surface area contributed by atoms with E-state index >= 15 is 0 Å². The van der Waals surface area contributed by atoms with E-state index < -0.39 is 0 Å². The number of carbonyl (C=O) groups excluding carboxylic acids is 2. The van der Waals surface area contributed by atoms with E-state index in [0.717, 1.165) is 48.2 Å². The molecule has 4 rings (SSSR count). The van der Waals surface area contributed by atoms with Crippen LogP contribution in [-0.4, -0.2) is 55.0 Å². The number of benzene rings is 2. The summed E-state index contributed by atoms with van der Waals surface area (Å²) in [6.45, 7) is 4.90. The topological polar surface area (TPSA) is 74.8 Å². The lowest BCUT2D eigenvalue weighted by atomic mass is 10.1. The number of nitrogens with one attached hydrogen (secondary N) is 1. The molecule has 0 aliphatic carbocycles. The molecular weight excluding hydrogens is 452 g/mol. The van der Waals surface area contributed by atoms with Gasteiger partial charge in [-0.05, 0) is 42.8 Å². The van der Waals surface area contributed by atoms with E-state index in [2.05, 4.69) is 22.1 Å². The highest BCUT2D eigenvalue weighted by Crippen LogP contribution is 2.26. The molecule has 36 heavy (non-hydrogen) atoms. The van der Waals surface area contributed by atoms with Gasteiger partial charge in [-0.25, -0.2) is 4.98 Å². The van der Waals surface area contributed by atoms with Crippen molar-refractivity contribution in [3.05, 3.63) is 60.3 Å². The molecule has 7 heteroatoms. The first-order valence-corrected chi connectivity index (χ1v) is 13.0. The Morgan fingerprint density at radius 3 is 2.39 bits per heavy atom. The minimum absolute atomic E-state index is 0.0744. The molecule has 0 bridgehead atoms. The van der Waals surface area contributed by atoms with Crippen molar-refractivity contribution in [2.75, 3.05) is 43.5 Å². The van der Waals surface area contributed by atoms with Gasteiger partial charge >= 0.3 is 0 Å². The number of fused-ring (bicyclic) bond motifs is 1. The van der Waals surface area contributed by atoms with Gasteiger partial charge in [0.05, 0.1) is 12.6 Å². The Hall–Kier alpha value is -3.61. The van der Waals surface area contributed by atoms with Crippen molar-refractivity contribution in [2.45, 2.75) is 45.4 Å². The molecule has 2 aromatic carbocycles. The first kappa shape index (κ1) is 25.5. The fourth-order valence-corrected chi connectivity index (χ4v) is 4.62. The predicted molar refractivity (Wildman–Crippen MR) is 145 cm³/mol. The SMILES string of the molecule is CCCCCCCC(=O)Nc1ccc(N2CCN(C(=O)c3cc(OC)c4ccccc4n3)CC2)cc1. The summed E-state index contributed by atoms with van der Waals surface area (Å²) < 4.78 is 5.50. The summed E-state index contributed by atoms with van der Waals surface area (Å²) in [5, 5.41) is 3.89. The van der Waals surface area contributed by atoms with Crippen molar-refractivity contribution in [3.63, 3.8) is 0 Å². The Kier molecular flexibility index (Phi) is 8.76. The number of carbonyl (C=O) groups is 2. The number of nitrogens with zero attached hydrogens (tertiary/aromatic N) is 3. The van der Waals surface area contributed by atoms with Crippen LogP contribution in [0.2, 0.25) is 0 Å². The zero-order valence-corrected chi connectivity index (χ0v) is 21.3. The van der Waals surface area contributed by atoms with Gasteiger partial charge in [0.1, 0.15) is 11.4 Å². The van der Waals surface area contributed by atoms with Crippen LogP contribution >= 0.6 is 0 Å². The molecule has 2 heterocycles. The number of hydrogen-bond acceptors (Lipinski definition) is 5. The Morgan fingerprint density at radius 1 is 0.944 bits per heavy atom. The molecule has 1 fully saturated rings. The number of methoxy groups -OCH3 is 1. The number of hydrogen-bond donors (Lipinski definition) is 1. The third kappa shape index (κ3) is 6.33. The minimum atomic E-state index is -0.0774. The van der Waals surface area contributed by atoms with E-state index in [-0.39, 0.29) is 11.8 Å². The van der Waals surface area contributed by atoms with Gasteiger partial charge in [-0.3, -0.25) is 9.59 Å². The van der Waals surface area contributed by atoms with E-state index in [1.165, 1.54) is 19.3 Å². The zero-order chi connectivity index (χ0) is 25.3. The first-order valence-electron chi connectivity index (χ1n) is 13.0. The first-order chi connectivity index (χ1) is 17.6. The highest BCUT2D eigenvalue weighted by molar-refractivity contribution is 5.97. The molecule has 0 unspecified atom stereocenters. The average Bonchev–Trinajstić information content (AvgIpc) is 2.92. The minimum Gasteiger partial charge on any atom is -0.496 e. The molecule has 1 aliphatic rings. The maximum absolute atomic E-state index is 13.2. The summed E-state index contributed by atoms with van der Waals surface area (Å²) in [5.74, 6) is 0.656. The monoisotopic (exact) mass is 488 g/mol. The van der Waals surface area contributed by atoms with Crippen LogP contribution in [0.1, 0.15) is 55.9 Å². The Bertz CT molecular complexity index is 1170. The number of piperazine rings is 1. The van der Waals surface area contributed by atoms with Crippen LogP contribution in [0.4, 0.5) is 11.4 Å². The van der Waals surface area contributed by atoms with Gasteiger partial charge in [-0.1, -0.05) is 44.7 Å².